The molecular weight excluding hydrogens is 388 g/mol. The largest absolute Gasteiger partial charge is 0.496 e. The van der Waals surface area contributed by atoms with E-state index in [0.29, 0.717) is 23.6 Å². The third kappa shape index (κ3) is 5.02. The Hall–Kier alpha value is -4.14. The summed E-state index contributed by atoms with van der Waals surface area (Å²) in [6.07, 6.45) is 1.54. The minimum atomic E-state index is -1.03. The lowest BCUT2D eigenvalue weighted by Crippen LogP contribution is -2.37. The molecule has 0 bridgehead atoms. The zero-order valence-electron chi connectivity index (χ0n) is 16.2. The summed E-state index contributed by atoms with van der Waals surface area (Å²) in [6.45, 7) is -0.227. The standard InChI is InChI=1S/C21H20N4O5/c1-29-17-10-6-5-9-15(17)19-16(20(27)30-13-18(26)23-21(22)28)12-25(24-19)11-14-7-3-2-4-8-14/h2-10,12H,11,13H2,1H3,(H3,22,23,26,28). The van der Waals surface area contributed by atoms with Gasteiger partial charge in [0.25, 0.3) is 5.91 Å². The normalized spacial score (nSPS) is 10.3. The van der Waals surface area contributed by atoms with Gasteiger partial charge in [-0.25, -0.2) is 9.59 Å². The van der Waals surface area contributed by atoms with Crippen molar-refractivity contribution in [2.24, 2.45) is 5.73 Å². The lowest BCUT2D eigenvalue weighted by atomic mass is 10.1. The van der Waals surface area contributed by atoms with Gasteiger partial charge in [-0.3, -0.25) is 14.8 Å². The molecule has 3 aromatic rings. The Labute approximate surface area is 172 Å². The first-order valence-corrected chi connectivity index (χ1v) is 8.99. The number of benzene rings is 2. The zero-order chi connectivity index (χ0) is 21.5. The summed E-state index contributed by atoms with van der Waals surface area (Å²) in [5.74, 6) is -1.07. The molecule has 0 spiro atoms. The fourth-order valence-electron chi connectivity index (χ4n) is 2.84. The number of aromatic nitrogens is 2. The van der Waals surface area contributed by atoms with E-state index >= 15 is 0 Å². The maximum absolute atomic E-state index is 12.7. The van der Waals surface area contributed by atoms with E-state index in [-0.39, 0.29) is 5.56 Å². The fourth-order valence-corrected chi connectivity index (χ4v) is 2.84. The van der Waals surface area contributed by atoms with Crippen LogP contribution in [0.2, 0.25) is 0 Å². The molecule has 3 amide bonds. The number of rotatable bonds is 7. The molecule has 2 aromatic carbocycles. The molecule has 1 aromatic heterocycles. The molecule has 30 heavy (non-hydrogen) atoms. The van der Waals surface area contributed by atoms with Gasteiger partial charge in [-0.1, -0.05) is 42.5 Å². The van der Waals surface area contributed by atoms with Gasteiger partial charge in [0, 0.05) is 11.8 Å². The Bertz CT molecular complexity index is 1060. The molecule has 3 N–H and O–H groups in total. The first kappa shape index (κ1) is 20.6. The number of esters is 1. The van der Waals surface area contributed by atoms with Crippen molar-refractivity contribution in [3.05, 3.63) is 71.9 Å². The summed E-state index contributed by atoms with van der Waals surface area (Å²) >= 11 is 0. The Balaban J connectivity index is 1.92. The van der Waals surface area contributed by atoms with Gasteiger partial charge in [0.15, 0.2) is 6.61 Å². The minimum absolute atomic E-state index is 0.155. The lowest BCUT2D eigenvalue weighted by molar-refractivity contribution is -0.123. The molecule has 0 atom stereocenters. The maximum Gasteiger partial charge on any atom is 0.342 e. The van der Waals surface area contributed by atoms with Crippen molar-refractivity contribution in [3.63, 3.8) is 0 Å². The Kier molecular flexibility index (Phi) is 6.43. The number of carbonyl (C=O) groups excluding carboxylic acids is 3. The van der Waals surface area contributed by atoms with Crippen LogP contribution >= 0.6 is 0 Å². The Morgan fingerprint density at radius 3 is 2.47 bits per heavy atom. The first-order valence-electron chi connectivity index (χ1n) is 8.99. The molecule has 0 unspecified atom stereocenters. The molecule has 9 heteroatoms. The highest BCUT2D eigenvalue weighted by molar-refractivity contribution is 5.99. The van der Waals surface area contributed by atoms with Crippen molar-refractivity contribution < 1.29 is 23.9 Å². The number of para-hydroxylation sites is 1. The van der Waals surface area contributed by atoms with Gasteiger partial charge in [-0.05, 0) is 17.7 Å². The highest BCUT2D eigenvalue weighted by Crippen LogP contribution is 2.31. The number of nitrogens with zero attached hydrogens (tertiary/aromatic N) is 2. The highest BCUT2D eigenvalue weighted by Gasteiger charge is 2.22. The van der Waals surface area contributed by atoms with Crippen molar-refractivity contribution in [2.45, 2.75) is 6.54 Å². The summed E-state index contributed by atoms with van der Waals surface area (Å²) in [5.41, 5.74) is 6.98. The SMILES string of the molecule is COc1ccccc1-c1nn(Cc2ccccc2)cc1C(=O)OCC(=O)NC(N)=O. The Morgan fingerprint density at radius 1 is 1.07 bits per heavy atom. The molecule has 154 valence electrons. The maximum atomic E-state index is 12.7. The number of carbonyl (C=O) groups is 3. The van der Waals surface area contributed by atoms with Crippen LogP contribution in [0.5, 0.6) is 5.75 Å². The second-order valence-corrected chi connectivity index (χ2v) is 6.26. The van der Waals surface area contributed by atoms with Crippen LogP contribution in [0.25, 0.3) is 11.3 Å². The van der Waals surface area contributed by atoms with E-state index in [2.05, 4.69) is 5.10 Å². The van der Waals surface area contributed by atoms with E-state index in [9.17, 15) is 14.4 Å². The molecule has 0 fully saturated rings. The van der Waals surface area contributed by atoms with Crippen LogP contribution in [0.3, 0.4) is 0 Å². The van der Waals surface area contributed by atoms with Gasteiger partial charge in [-0.2, -0.15) is 5.10 Å². The molecular formula is C21H20N4O5. The van der Waals surface area contributed by atoms with Crippen LogP contribution in [-0.4, -0.2) is 41.4 Å². The molecule has 1 heterocycles. The molecule has 0 aliphatic rings. The van der Waals surface area contributed by atoms with Crippen molar-refractivity contribution in [1.82, 2.24) is 15.1 Å². The van der Waals surface area contributed by atoms with Crippen LogP contribution < -0.4 is 15.8 Å². The molecule has 0 saturated carbocycles. The van der Waals surface area contributed by atoms with E-state index in [0.717, 1.165) is 5.56 Å². The first-order chi connectivity index (χ1) is 14.5. The third-order valence-electron chi connectivity index (χ3n) is 4.13. The fraction of sp³-hybridized carbons (Fsp3) is 0.143. The smallest absolute Gasteiger partial charge is 0.342 e. The van der Waals surface area contributed by atoms with E-state index in [1.165, 1.54) is 7.11 Å². The number of nitrogens with two attached hydrogens (primary N) is 1. The molecule has 3 rings (SSSR count). The van der Waals surface area contributed by atoms with Crippen LogP contribution in [0.4, 0.5) is 4.79 Å². The summed E-state index contributed by atoms with van der Waals surface area (Å²) in [6, 6.07) is 15.7. The van der Waals surface area contributed by atoms with E-state index < -0.39 is 24.5 Å². The van der Waals surface area contributed by atoms with Crippen LogP contribution in [-0.2, 0) is 16.1 Å². The molecule has 0 aliphatic heterocycles. The Morgan fingerprint density at radius 2 is 1.77 bits per heavy atom. The number of hydrogen-bond acceptors (Lipinski definition) is 6. The summed E-state index contributed by atoms with van der Waals surface area (Å²) in [4.78, 5) is 35.0. The van der Waals surface area contributed by atoms with Crippen molar-refractivity contribution in [2.75, 3.05) is 13.7 Å². The van der Waals surface area contributed by atoms with Crippen LogP contribution in [0.15, 0.2) is 60.8 Å². The molecule has 0 aliphatic carbocycles. The summed E-state index contributed by atoms with van der Waals surface area (Å²) in [7, 11) is 1.52. The topological polar surface area (TPSA) is 126 Å². The quantitative estimate of drug-likeness (QED) is 0.576. The monoisotopic (exact) mass is 408 g/mol. The number of hydrogen-bond donors (Lipinski definition) is 2. The number of amides is 3. The van der Waals surface area contributed by atoms with Gasteiger partial charge in [0.1, 0.15) is 17.0 Å². The van der Waals surface area contributed by atoms with E-state index in [4.69, 9.17) is 15.2 Å². The van der Waals surface area contributed by atoms with Crippen molar-refractivity contribution >= 4 is 17.9 Å². The van der Waals surface area contributed by atoms with Gasteiger partial charge in [0.05, 0.1) is 13.7 Å². The molecule has 0 radical (unpaired) electrons. The average Bonchev–Trinajstić information content (AvgIpc) is 3.16. The molecule has 0 saturated heterocycles. The van der Waals surface area contributed by atoms with Crippen molar-refractivity contribution in [1.29, 1.82) is 0 Å². The lowest BCUT2D eigenvalue weighted by Gasteiger charge is -2.08. The minimum Gasteiger partial charge on any atom is -0.496 e. The second-order valence-electron chi connectivity index (χ2n) is 6.26. The summed E-state index contributed by atoms with van der Waals surface area (Å²) < 4.78 is 12.0. The number of imide groups is 1. The second kappa shape index (κ2) is 9.37. The van der Waals surface area contributed by atoms with Crippen molar-refractivity contribution in [3.8, 4) is 17.0 Å². The van der Waals surface area contributed by atoms with Gasteiger partial charge in [-0.15, -0.1) is 0 Å². The van der Waals surface area contributed by atoms with Gasteiger partial charge < -0.3 is 15.2 Å². The zero-order valence-corrected chi connectivity index (χ0v) is 16.2. The van der Waals surface area contributed by atoms with E-state index in [1.807, 2.05) is 35.6 Å². The molecule has 9 nitrogen and oxygen atoms in total. The summed E-state index contributed by atoms with van der Waals surface area (Å²) in [5, 5.41) is 6.38. The number of primary amides is 1. The van der Waals surface area contributed by atoms with Gasteiger partial charge in [0.2, 0.25) is 0 Å². The number of ether oxygens (including phenoxy) is 2. The van der Waals surface area contributed by atoms with Crippen LogP contribution in [0.1, 0.15) is 15.9 Å². The highest BCUT2D eigenvalue weighted by atomic mass is 16.5. The number of nitrogens with one attached hydrogen (secondary N) is 1. The predicted octanol–water partition coefficient (Wildman–Crippen LogP) is 1.96. The van der Waals surface area contributed by atoms with Crippen LogP contribution in [0, 0.1) is 0 Å². The number of methoxy groups -OCH3 is 1. The third-order valence-corrected chi connectivity index (χ3v) is 4.13. The van der Waals surface area contributed by atoms with Gasteiger partial charge >= 0.3 is 12.0 Å². The predicted molar refractivity (Wildman–Crippen MR) is 108 cm³/mol. The van der Waals surface area contributed by atoms with E-state index in [1.54, 1.807) is 35.1 Å². The average molecular weight is 408 g/mol. The number of urea groups is 1.